The second-order valence-corrected chi connectivity index (χ2v) is 9.75. The van der Waals surface area contributed by atoms with E-state index >= 15 is 0 Å². The molecule has 0 saturated carbocycles. The maximum absolute atomic E-state index is 13.4. The molecular weight excluding hydrogens is 471 g/mol. The monoisotopic (exact) mass is 492 g/mol. The van der Waals surface area contributed by atoms with Gasteiger partial charge in [-0.25, -0.2) is 8.42 Å². The van der Waals surface area contributed by atoms with Gasteiger partial charge in [0.1, 0.15) is 12.3 Å². The average molecular weight is 493 g/mol. The lowest BCUT2D eigenvalue weighted by molar-refractivity contribution is -0.120. The number of carbonyl (C=O) groups is 1. The van der Waals surface area contributed by atoms with E-state index in [9.17, 15) is 13.2 Å². The number of nitrogens with zero attached hydrogens (tertiary/aromatic N) is 1. The first-order valence-electron chi connectivity index (χ1n) is 9.68. The highest BCUT2D eigenvalue weighted by Crippen LogP contribution is 2.29. The zero-order valence-corrected chi connectivity index (χ0v) is 19.8. The van der Waals surface area contributed by atoms with Gasteiger partial charge in [0.15, 0.2) is 0 Å². The molecule has 1 amide bonds. The van der Waals surface area contributed by atoms with Gasteiger partial charge in [-0.2, -0.15) is 0 Å². The van der Waals surface area contributed by atoms with Gasteiger partial charge in [0.25, 0.3) is 10.0 Å². The van der Waals surface area contributed by atoms with Crippen molar-refractivity contribution < 1.29 is 17.9 Å². The van der Waals surface area contributed by atoms with Crippen LogP contribution in [0.4, 0.5) is 5.69 Å². The summed E-state index contributed by atoms with van der Waals surface area (Å²) in [6.45, 7) is 1.36. The van der Waals surface area contributed by atoms with Gasteiger partial charge in [0, 0.05) is 10.0 Å². The van der Waals surface area contributed by atoms with Gasteiger partial charge in [0.2, 0.25) is 5.91 Å². The Hall–Kier alpha value is -2.74. The Labute approximate surface area is 197 Å². The number of halogens is 2. The third kappa shape index (κ3) is 5.73. The molecule has 0 aromatic heterocycles. The number of methoxy groups -OCH3 is 1. The number of hydrogen-bond donors (Lipinski definition) is 1. The lowest BCUT2D eigenvalue weighted by Crippen LogP contribution is -2.41. The molecule has 0 saturated heterocycles. The molecule has 3 aromatic carbocycles. The molecule has 3 rings (SSSR count). The lowest BCUT2D eigenvalue weighted by atomic mass is 10.1. The predicted molar refractivity (Wildman–Crippen MR) is 127 cm³/mol. The van der Waals surface area contributed by atoms with Gasteiger partial charge >= 0.3 is 0 Å². The van der Waals surface area contributed by atoms with E-state index < -0.39 is 22.5 Å². The Morgan fingerprint density at radius 1 is 1.00 bits per heavy atom. The third-order valence-electron chi connectivity index (χ3n) is 4.75. The van der Waals surface area contributed by atoms with Crippen molar-refractivity contribution >= 4 is 44.8 Å². The van der Waals surface area contributed by atoms with Crippen LogP contribution in [0.15, 0.2) is 77.7 Å². The van der Waals surface area contributed by atoms with Crippen molar-refractivity contribution in [3.05, 3.63) is 88.4 Å². The Bertz CT molecular complexity index is 1170. The fraction of sp³-hybridized carbons (Fsp3) is 0.174. The van der Waals surface area contributed by atoms with Gasteiger partial charge in [-0.15, -0.1) is 0 Å². The Balaban J connectivity index is 1.89. The predicted octanol–water partition coefficient (Wildman–Crippen LogP) is 5.07. The Morgan fingerprint density at radius 2 is 1.59 bits per heavy atom. The number of benzene rings is 3. The first-order chi connectivity index (χ1) is 15.2. The lowest BCUT2D eigenvalue weighted by Gasteiger charge is -2.25. The van der Waals surface area contributed by atoms with Crippen molar-refractivity contribution in [1.29, 1.82) is 0 Å². The standard InChI is InChI=1S/C23H22Cl2N2O4S/c1-16(17-8-10-21(31-2)11-9-17)26-23(28)15-27(20-13-18(24)12-19(25)14-20)32(29,30)22-6-4-3-5-7-22/h3-14,16H,15H2,1-2H3,(H,26,28)/t16-/m0/s1. The van der Waals surface area contributed by atoms with Crippen LogP contribution in [0, 0.1) is 0 Å². The van der Waals surface area contributed by atoms with Crippen molar-refractivity contribution in [3.8, 4) is 5.75 Å². The molecule has 6 nitrogen and oxygen atoms in total. The fourth-order valence-corrected chi connectivity index (χ4v) is 5.05. The highest BCUT2D eigenvalue weighted by atomic mass is 35.5. The van der Waals surface area contributed by atoms with Crippen LogP contribution in [-0.2, 0) is 14.8 Å². The van der Waals surface area contributed by atoms with Gasteiger partial charge in [-0.1, -0.05) is 53.5 Å². The summed E-state index contributed by atoms with van der Waals surface area (Å²) in [5, 5.41) is 3.35. The third-order valence-corrected chi connectivity index (χ3v) is 6.97. The number of hydrogen-bond acceptors (Lipinski definition) is 4. The number of amides is 1. The highest BCUT2D eigenvalue weighted by molar-refractivity contribution is 7.92. The van der Waals surface area contributed by atoms with Crippen molar-refractivity contribution in [1.82, 2.24) is 5.32 Å². The summed E-state index contributed by atoms with van der Waals surface area (Å²) in [6.07, 6.45) is 0. The summed E-state index contributed by atoms with van der Waals surface area (Å²) in [7, 11) is -2.48. The summed E-state index contributed by atoms with van der Waals surface area (Å²) in [4.78, 5) is 12.9. The number of nitrogens with one attached hydrogen (secondary N) is 1. The maximum atomic E-state index is 13.4. The largest absolute Gasteiger partial charge is 0.497 e. The minimum absolute atomic E-state index is 0.0482. The molecule has 3 aromatic rings. The molecule has 0 aliphatic carbocycles. The van der Waals surface area contributed by atoms with E-state index in [-0.39, 0.29) is 26.7 Å². The molecule has 9 heteroatoms. The van der Waals surface area contributed by atoms with Gasteiger partial charge in [0.05, 0.1) is 23.7 Å². The normalized spacial score (nSPS) is 12.1. The maximum Gasteiger partial charge on any atom is 0.264 e. The zero-order valence-electron chi connectivity index (χ0n) is 17.5. The molecule has 0 aliphatic heterocycles. The van der Waals surface area contributed by atoms with E-state index in [4.69, 9.17) is 27.9 Å². The molecule has 32 heavy (non-hydrogen) atoms. The van der Waals surface area contributed by atoms with Crippen LogP contribution >= 0.6 is 23.2 Å². The van der Waals surface area contributed by atoms with Gasteiger partial charge in [-0.05, 0) is 55.0 Å². The number of rotatable bonds is 8. The fourth-order valence-electron chi connectivity index (χ4n) is 3.11. The zero-order chi connectivity index (χ0) is 23.3. The first-order valence-corrected chi connectivity index (χ1v) is 11.9. The van der Waals surface area contributed by atoms with E-state index in [1.54, 1.807) is 37.4 Å². The van der Waals surface area contributed by atoms with Crippen LogP contribution in [0.3, 0.4) is 0 Å². The van der Waals surface area contributed by atoms with E-state index in [2.05, 4.69) is 5.32 Å². The molecule has 0 bridgehead atoms. The number of sulfonamides is 1. The van der Waals surface area contributed by atoms with Crippen LogP contribution < -0.4 is 14.4 Å². The summed E-state index contributed by atoms with van der Waals surface area (Å²) < 4.78 is 32.9. The molecule has 0 unspecified atom stereocenters. The van der Waals surface area contributed by atoms with Crippen molar-refractivity contribution in [2.75, 3.05) is 18.0 Å². The van der Waals surface area contributed by atoms with Crippen molar-refractivity contribution in [3.63, 3.8) is 0 Å². The van der Waals surface area contributed by atoms with E-state index in [1.807, 2.05) is 19.1 Å². The number of ether oxygens (including phenoxy) is 1. The van der Waals surface area contributed by atoms with Gasteiger partial charge < -0.3 is 10.1 Å². The summed E-state index contributed by atoms with van der Waals surface area (Å²) in [5.41, 5.74) is 1.04. The van der Waals surface area contributed by atoms with Crippen LogP contribution in [0.1, 0.15) is 18.5 Å². The molecular formula is C23H22Cl2N2O4S. The quantitative estimate of drug-likeness (QED) is 0.475. The highest BCUT2D eigenvalue weighted by Gasteiger charge is 2.28. The molecule has 0 heterocycles. The molecule has 1 atom stereocenters. The van der Waals surface area contributed by atoms with Crippen molar-refractivity contribution in [2.45, 2.75) is 17.9 Å². The minimum Gasteiger partial charge on any atom is -0.497 e. The average Bonchev–Trinajstić information content (AvgIpc) is 2.77. The second kappa shape index (κ2) is 10.3. The second-order valence-electron chi connectivity index (χ2n) is 7.01. The number of carbonyl (C=O) groups excluding carboxylic acids is 1. The van der Waals surface area contributed by atoms with E-state index in [0.717, 1.165) is 9.87 Å². The van der Waals surface area contributed by atoms with Gasteiger partial charge in [-0.3, -0.25) is 9.10 Å². The minimum atomic E-state index is -4.05. The van der Waals surface area contributed by atoms with Crippen LogP contribution in [0.5, 0.6) is 5.75 Å². The SMILES string of the molecule is COc1ccc([C@H](C)NC(=O)CN(c2cc(Cl)cc(Cl)c2)S(=O)(=O)c2ccccc2)cc1. The summed E-state index contributed by atoms with van der Waals surface area (Å²) in [6, 6.07) is 19.2. The Kier molecular flexibility index (Phi) is 7.66. The van der Waals surface area contributed by atoms with Crippen LogP contribution in [0.25, 0.3) is 0 Å². The molecule has 1 N–H and O–H groups in total. The molecule has 168 valence electrons. The summed E-state index contributed by atoms with van der Waals surface area (Å²) >= 11 is 12.2. The topological polar surface area (TPSA) is 75.7 Å². The molecule has 0 radical (unpaired) electrons. The summed E-state index contributed by atoms with van der Waals surface area (Å²) in [5.74, 6) is 0.217. The van der Waals surface area contributed by atoms with E-state index in [0.29, 0.717) is 5.75 Å². The van der Waals surface area contributed by atoms with Crippen LogP contribution in [0.2, 0.25) is 10.0 Å². The molecule has 0 fully saturated rings. The molecule has 0 aliphatic rings. The Morgan fingerprint density at radius 3 is 2.16 bits per heavy atom. The van der Waals surface area contributed by atoms with Crippen LogP contribution in [-0.4, -0.2) is 28.0 Å². The van der Waals surface area contributed by atoms with E-state index in [1.165, 1.54) is 30.3 Å². The van der Waals surface area contributed by atoms with Crippen molar-refractivity contribution in [2.24, 2.45) is 0 Å². The smallest absolute Gasteiger partial charge is 0.264 e. The first kappa shape index (κ1) is 23.9. The number of anilines is 1. The molecule has 0 spiro atoms.